The van der Waals surface area contributed by atoms with Crippen molar-refractivity contribution in [3.63, 3.8) is 0 Å². The number of thiazole rings is 1. The van der Waals surface area contributed by atoms with Gasteiger partial charge in [0.1, 0.15) is 0 Å². The Morgan fingerprint density at radius 3 is 3.00 bits per heavy atom. The third-order valence-electron chi connectivity index (χ3n) is 4.33. The van der Waals surface area contributed by atoms with E-state index in [9.17, 15) is 9.90 Å². The number of pyridine rings is 1. The molecule has 2 N–H and O–H groups in total. The highest BCUT2D eigenvalue weighted by Gasteiger charge is 2.14. The minimum absolute atomic E-state index is 0.0451. The number of aliphatic hydroxyl groups is 1. The molecule has 132 valence electrons. The average molecular weight is 368 g/mol. The first kappa shape index (κ1) is 14.4. The molecule has 4 aromatic rings. The molecular weight excluding hydrogens is 348 g/mol. The maximum Gasteiger partial charge on any atom is 0.305 e. The van der Waals surface area contributed by atoms with Gasteiger partial charge in [-0.25, -0.2) is 9.67 Å². The number of aromatic nitrogens is 4. The first-order valence-electron chi connectivity index (χ1n) is 9.14. The van der Waals surface area contributed by atoms with Crippen LogP contribution in [0.3, 0.4) is 0 Å². The highest BCUT2D eigenvalue weighted by Crippen LogP contribution is 2.26. The van der Waals surface area contributed by atoms with Gasteiger partial charge >= 0.3 is 4.87 Å². The van der Waals surface area contributed by atoms with Crippen molar-refractivity contribution < 1.29 is 7.85 Å². The van der Waals surface area contributed by atoms with Crippen LogP contribution in [0.2, 0.25) is 0 Å². The minimum atomic E-state index is -2.26. The van der Waals surface area contributed by atoms with E-state index < -0.39 is 6.56 Å². The molecule has 1 aromatic carbocycles. The first-order valence-corrected chi connectivity index (χ1v) is 8.96. The number of rotatable bonds is 5. The van der Waals surface area contributed by atoms with Crippen LogP contribution in [0, 0.1) is 0 Å². The smallest absolute Gasteiger partial charge is 0.305 e. The number of aryl methyl sites for hydroxylation is 1. The zero-order valence-corrected chi connectivity index (χ0v) is 14.8. The lowest BCUT2D eigenvalue weighted by Gasteiger charge is -2.09. The molecule has 0 bridgehead atoms. The van der Waals surface area contributed by atoms with Gasteiger partial charge in [-0.2, -0.15) is 5.10 Å². The fraction of sp³-hybridized carbons (Fsp3) is 0.211. The Morgan fingerprint density at radius 1 is 1.35 bits per heavy atom. The monoisotopic (exact) mass is 368 g/mol. The van der Waals surface area contributed by atoms with Gasteiger partial charge in [-0.15, -0.1) is 0 Å². The van der Waals surface area contributed by atoms with Crippen molar-refractivity contribution in [2.45, 2.75) is 19.3 Å². The van der Waals surface area contributed by atoms with E-state index in [1.54, 1.807) is 16.8 Å². The van der Waals surface area contributed by atoms with Crippen molar-refractivity contribution in [1.82, 2.24) is 19.7 Å². The van der Waals surface area contributed by atoms with Crippen LogP contribution in [0.4, 0.5) is 0 Å². The Labute approximate surface area is 156 Å². The zero-order valence-electron chi connectivity index (χ0n) is 16.0. The van der Waals surface area contributed by atoms with E-state index in [4.69, 9.17) is 2.74 Å². The summed E-state index contributed by atoms with van der Waals surface area (Å²) in [6, 6.07) is 11.3. The molecule has 4 rings (SSSR count). The van der Waals surface area contributed by atoms with Gasteiger partial charge in [-0.1, -0.05) is 30.4 Å². The van der Waals surface area contributed by atoms with Crippen LogP contribution in [0.1, 0.15) is 32.4 Å². The molecule has 26 heavy (non-hydrogen) atoms. The van der Waals surface area contributed by atoms with Crippen LogP contribution >= 0.6 is 11.3 Å². The molecule has 6 nitrogen and oxygen atoms in total. The van der Waals surface area contributed by atoms with E-state index in [1.807, 2.05) is 30.5 Å². The van der Waals surface area contributed by atoms with Gasteiger partial charge in [0.2, 0.25) is 0 Å². The second-order valence-corrected chi connectivity index (χ2v) is 7.05. The number of fused-ring (bicyclic) bond motifs is 1. The van der Waals surface area contributed by atoms with Crippen molar-refractivity contribution in [2.24, 2.45) is 0 Å². The standard InChI is InChI=1S/C19H18N4O2S/c1-12(14-3-4-16-17(10-14)26-19(25)21-16)15-6-8-23(22-15)18-5-2-13(7-9-24)11-20-18/h2-6,8,10-12,24H,7,9H2,1H3,(H,21,25)/i9D2. The number of hydrogen-bond donors (Lipinski definition) is 2. The topological polar surface area (TPSA) is 83.8 Å². The molecule has 0 saturated carbocycles. The largest absolute Gasteiger partial charge is 0.396 e. The van der Waals surface area contributed by atoms with E-state index in [1.165, 1.54) is 17.5 Å². The van der Waals surface area contributed by atoms with Gasteiger partial charge in [-0.05, 0) is 41.8 Å². The summed E-state index contributed by atoms with van der Waals surface area (Å²) in [5, 5.41) is 13.9. The predicted octanol–water partition coefficient (Wildman–Crippen LogP) is 2.86. The fourth-order valence-electron chi connectivity index (χ4n) is 2.85. The molecule has 0 spiro atoms. The van der Waals surface area contributed by atoms with Gasteiger partial charge in [0, 0.05) is 24.9 Å². The molecule has 0 saturated heterocycles. The normalized spacial score (nSPS) is 14.2. The van der Waals surface area contributed by atoms with E-state index >= 15 is 0 Å². The van der Waals surface area contributed by atoms with Crippen molar-refractivity contribution in [1.29, 1.82) is 0 Å². The van der Waals surface area contributed by atoms with Gasteiger partial charge in [0.05, 0.1) is 18.7 Å². The summed E-state index contributed by atoms with van der Waals surface area (Å²) in [4.78, 5) is 18.6. The second kappa shape index (κ2) is 6.86. The third-order valence-corrected chi connectivity index (χ3v) is 5.17. The Morgan fingerprint density at radius 2 is 2.23 bits per heavy atom. The number of hydrogen-bond acceptors (Lipinski definition) is 5. The minimum Gasteiger partial charge on any atom is -0.396 e. The molecule has 0 aliphatic heterocycles. The van der Waals surface area contributed by atoms with E-state index in [0.29, 0.717) is 11.4 Å². The lowest BCUT2D eigenvalue weighted by atomic mass is 9.98. The maximum absolute atomic E-state index is 11.5. The Bertz CT molecular complexity index is 1180. The molecule has 0 aliphatic rings. The van der Waals surface area contributed by atoms with Gasteiger partial charge in [0.15, 0.2) is 5.82 Å². The van der Waals surface area contributed by atoms with Crippen molar-refractivity contribution >= 4 is 21.6 Å². The third kappa shape index (κ3) is 3.18. The fourth-order valence-corrected chi connectivity index (χ4v) is 3.63. The molecule has 0 radical (unpaired) electrons. The second-order valence-electron chi connectivity index (χ2n) is 6.04. The quantitative estimate of drug-likeness (QED) is 0.567. The van der Waals surface area contributed by atoms with Crippen LogP contribution in [0.5, 0.6) is 0 Å². The lowest BCUT2D eigenvalue weighted by Crippen LogP contribution is -2.02. The predicted molar refractivity (Wildman–Crippen MR) is 102 cm³/mol. The van der Waals surface area contributed by atoms with E-state index in [-0.39, 0.29) is 17.2 Å². The number of aromatic amines is 1. The van der Waals surface area contributed by atoms with Gasteiger partial charge in [0.25, 0.3) is 0 Å². The SMILES string of the molecule is [2H]C([2H])(O)Cc1ccc(-n2ccc(C(C)c3ccc4[nH]c(=O)sc4c3)n2)nc1. The van der Waals surface area contributed by atoms with Crippen molar-refractivity contribution in [3.05, 3.63) is 75.3 Å². The number of benzene rings is 1. The van der Waals surface area contributed by atoms with Crippen molar-refractivity contribution in [2.75, 3.05) is 6.56 Å². The van der Waals surface area contributed by atoms with Crippen LogP contribution in [-0.4, -0.2) is 31.4 Å². The van der Waals surface area contributed by atoms with Gasteiger partial charge < -0.3 is 10.1 Å². The van der Waals surface area contributed by atoms with E-state index in [2.05, 4.69) is 22.0 Å². The van der Waals surface area contributed by atoms with Crippen LogP contribution in [0.15, 0.2) is 53.6 Å². The molecule has 0 amide bonds. The number of H-pyrrole nitrogens is 1. The molecule has 7 heteroatoms. The summed E-state index contributed by atoms with van der Waals surface area (Å²) in [6.07, 6.45) is 3.25. The summed E-state index contributed by atoms with van der Waals surface area (Å²) < 4.78 is 17.0. The summed E-state index contributed by atoms with van der Waals surface area (Å²) in [6.45, 7) is -0.200. The zero-order chi connectivity index (χ0) is 19.9. The first-order chi connectivity index (χ1) is 13.3. The highest BCUT2D eigenvalue weighted by atomic mass is 32.1. The van der Waals surface area contributed by atoms with Crippen molar-refractivity contribution in [3.8, 4) is 5.82 Å². The number of nitrogens with one attached hydrogen (secondary N) is 1. The molecular formula is C19H18N4O2S. The molecule has 1 atom stereocenters. The molecule has 3 aromatic heterocycles. The Balaban J connectivity index is 1.56. The highest BCUT2D eigenvalue weighted by molar-refractivity contribution is 7.16. The summed E-state index contributed by atoms with van der Waals surface area (Å²) >= 11 is 1.19. The number of nitrogens with zero attached hydrogens (tertiary/aromatic N) is 3. The van der Waals surface area contributed by atoms with E-state index in [0.717, 1.165) is 21.5 Å². The summed E-state index contributed by atoms with van der Waals surface area (Å²) in [7, 11) is 0. The molecule has 3 heterocycles. The molecule has 1 unspecified atom stereocenters. The lowest BCUT2D eigenvalue weighted by molar-refractivity contribution is 0.299. The van der Waals surface area contributed by atoms with Crippen LogP contribution in [-0.2, 0) is 6.42 Å². The average Bonchev–Trinajstić information content (AvgIpc) is 3.25. The van der Waals surface area contributed by atoms with Crippen LogP contribution in [0.25, 0.3) is 16.0 Å². The maximum atomic E-state index is 11.5. The molecule has 0 fully saturated rings. The summed E-state index contributed by atoms with van der Waals surface area (Å²) in [5.74, 6) is 0.656. The molecule has 0 aliphatic carbocycles. The summed E-state index contributed by atoms with van der Waals surface area (Å²) in [5.41, 5.74) is 3.39. The van der Waals surface area contributed by atoms with Gasteiger partial charge in [-0.3, -0.25) is 4.79 Å². The van der Waals surface area contributed by atoms with Crippen LogP contribution < -0.4 is 4.87 Å². The Kier molecular flexibility index (Phi) is 3.80. The Hall–Kier alpha value is -2.77.